The van der Waals surface area contributed by atoms with Gasteiger partial charge in [-0.2, -0.15) is 9.97 Å². The van der Waals surface area contributed by atoms with Crippen molar-refractivity contribution < 1.29 is 53.9 Å². The fraction of sp³-hybridized carbons (Fsp3) is 0.576. The maximum atomic E-state index is 13.3. The van der Waals surface area contributed by atoms with Gasteiger partial charge in [0.1, 0.15) is 30.2 Å². The lowest BCUT2D eigenvalue weighted by atomic mass is 9.97. The Labute approximate surface area is 295 Å². The summed E-state index contributed by atoms with van der Waals surface area (Å²) < 4.78 is 33.0. The van der Waals surface area contributed by atoms with Gasteiger partial charge < -0.3 is 59.4 Å². The number of ether oxygens (including phenoxy) is 6. The van der Waals surface area contributed by atoms with Crippen molar-refractivity contribution in [3.63, 3.8) is 0 Å². The Kier molecular flexibility index (Phi) is 16.7. The molecule has 0 radical (unpaired) electrons. The number of aromatic nitrogens is 2. The van der Waals surface area contributed by atoms with Gasteiger partial charge in [0.05, 0.1) is 78.0 Å². The highest BCUT2D eigenvalue weighted by atomic mass is 35.5. The smallest absolute Gasteiger partial charge is 0.241 e. The standard InChI is InChI=1S/C33H45ClN6O10/c1-2-8-45-9-10-46-11-12-47-13-14-48-15-16-49-21-25(22-6-4-3-5-7-22)36-31(44)23-18-40(19-23)30-24(17-35)29(38-33(34)39-30)37-32-28(43)27(42)26(20-41)50-32/h1,3-7,17,23,25-28,32,35,41-43H,8-16,18-21H2,(H,36,44)(H,37,38,39)/p+1/t25-,26+,27+,28+,32+/m0/s1. The van der Waals surface area contributed by atoms with Crippen LogP contribution in [0.1, 0.15) is 17.2 Å². The van der Waals surface area contributed by atoms with Crippen LogP contribution in [0, 0.1) is 23.7 Å². The molecule has 0 spiro atoms. The predicted octanol–water partition coefficient (Wildman–Crippen LogP) is -1.23. The number of nitrogens with zero attached hydrogens (tertiary/aromatic N) is 3. The van der Waals surface area contributed by atoms with E-state index in [0.717, 1.165) is 11.8 Å². The highest BCUT2D eigenvalue weighted by Crippen LogP contribution is 2.30. The average Bonchev–Trinajstić information content (AvgIpc) is 3.36. The lowest BCUT2D eigenvalue weighted by molar-refractivity contribution is -0.664. The molecule has 4 rings (SSSR count). The lowest BCUT2D eigenvalue weighted by Gasteiger charge is -2.40. The first kappa shape index (κ1) is 39.5. The monoisotopic (exact) mass is 721 g/mol. The zero-order valence-electron chi connectivity index (χ0n) is 27.7. The molecule has 3 heterocycles. The molecule has 274 valence electrons. The number of amides is 1. The summed E-state index contributed by atoms with van der Waals surface area (Å²) >= 11 is 6.22. The zero-order chi connectivity index (χ0) is 35.7. The molecule has 2 saturated heterocycles. The third-order valence-corrected chi connectivity index (χ3v) is 8.17. The summed E-state index contributed by atoms with van der Waals surface area (Å²) in [6, 6.07) is 9.15. The Bertz CT molecular complexity index is 1380. The minimum absolute atomic E-state index is 0.0987. The number of benzene rings is 1. The number of nitrogens with two attached hydrogens (primary N) is 1. The average molecular weight is 722 g/mol. The van der Waals surface area contributed by atoms with Crippen molar-refractivity contribution in [3.8, 4) is 12.3 Å². The fourth-order valence-electron chi connectivity index (χ4n) is 5.30. The van der Waals surface area contributed by atoms with Crippen LogP contribution < -0.4 is 15.5 Å². The number of nitrogens with one attached hydrogen (secondary N) is 2. The number of hydrogen-bond donors (Lipinski definition) is 6. The highest BCUT2D eigenvalue weighted by Gasteiger charge is 2.46. The third kappa shape index (κ3) is 11.6. The quantitative estimate of drug-likeness (QED) is 0.0344. The van der Waals surface area contributed by atoms with E-state index in [2.05, 4.69) is 21.2 Å². The van der Waals surface area contributed by atoms with E-state index in [0.29, 0.717) is 77.3 Å². The van der Waals surface area contributed by atoms with Crippen LogP contribution in [0.25, 0.3) is 0 Å². The minimum Gasteiger partial charge on any atom is -0.394 e. The molecular weight excluding hydrogens is 676 g/mol. The molecule has 1 amide bonds. The Morgan fingerprint density at radius 2 is 1.66 bits per heavy atom. The van der Waals surface area contributed by atoms with Gasteiger partial charge >= 0.3 is 0 Å². The first-order valence-electron chi connectivity index (χ1n) is 16.3. The number of rotatable bonds is 23. The molecule has 2 aliphatic rings. The molecule has 5 atom stereocenters. The van der Waals surface area contributed by atoms with E-state index in [9.17, 15) is 20.1 Å². The first-order valence-corrected chi connectivity index (χ1v) is 16.7. The molecular formula is C33H46ClN6O10+. The molecule has 0 aliphatic carbocycles. The Balaban J connectivity index is 1.20. The molecule has 2 aromatic rings. The maximum absolute atomic E-state index is 13.3. The number of halogens is 1. The summed E-state index contributed by atoms with van der Waals surface area (Å²) in [7, 11) is 0. The van der Waals surface area contributed by atoms with Crippen LogP contribution in [0.4, 0.5) is 11.6 Å². The van der Waals surface area contributed by atoms with E-state index in [1.165, 1.54) is 5.32 Å². The summed E-state index contributed by atoms with van der Waals surface area (Å²) in [6.45, 7) is 4.01. The van der Waals surface area contributed by atoms with Crippen LogP contribution in [0.2, 0.25) is 5.28 Å². The molecule has 1 aromatic carbocycles. The molecule has 2 fully saturated rings. The Morgan fingerprint density at radius 1 is 1.04 bits per heavy atom. The Morgan fingerprint density at radius 3 is 2.24 bits per heavy atom. The van der Waals surface area contributed by atoms with Gasteiger partial charge in [-0.05, 0) is 17.2 Å². The first-order chi connectivity index (χ1) is 24.4. The van der Waals surface area contributed by atoms with Gasteiger partial charge in [0.2, 0.25) is 23.2 Å². The van der Waals surface area contributed by atoms with Gasteiger partial charge in [-0.3, -0.25) is 10.1 Å². The van der Waals surface area contributed by atoms with Gasteiger partial charge in [0, 0.05) is 19.3 Å². The minimum atomic E-state index is -1.30. The van der Waals surface area contributed by atoms with Crippen molar-refractivity contribution in [1.29, 1.82) is 5.41 Å². The van der Waals surface area contributed by atoms with Gasteiger partial charge in [-0.15, -0.1) is 6.42 Å². The second kappa shape index (κ2) is 21.1. The van der Waals surface area contributed by atoms with E-state index in [-0.39, 0.29) is 42.2 Å². The van der Waals surface area contributed by atoms with E-state index in [1.54, 1.807) is 0 Å². The third-order valence-electron chi connectivity index (χ3n) is 8.00. The van der Waals surface area contributed by atoms with Crippen LogP contribution >= 0.6 is 11.6 Å². The number of carbonyl (C=O) groups is 1. The molecule has 16 nitrogen and oxygen atoms in total. The van der Waals surface area contributed by atoms with Gasteiger partial charge in [0.25, 0.3) is 0 Å². The number of hydrogen-bond acceptors (Lipinski definition) is 14. The number of aliphatic hydroxyl groups is 3. The number of anilines is 1. The molecule has 2 aliphatic heterocycles. The molecule has 7 N–H and O–H groups in total. The number of aliphatic hydroxyl groups excluding tert-OH is 3. The molecule has 50 heavy (non-hydrogen) atoms. The van der Waals surface area contributed by atoms with Gasteiger partial charge in [-0.25, -0.2) is 0 Å². The van der Waals surface area contributed by atoms with Crippen molar-refractivity contribution in [2.45, 2.75) is 30.6 Å². The van der Waals surface area contributed by atoms with Crippen LogP contribution in [0.3, 0.4) is 0 Å². The van der Waals surface area contributed by atoms with Crippen molar-refractivity contribution in [3.05, 3.63) is 46.7 Å². The molecule has 0 saturated carbocycles. The molecule has 0 bridgehead atoms. The van der Waals surface area contributed by atoms with E-state index >= 15 is 0 Å². The number of quaternary nitrogens is 1. The van der Waals surface area contributed by atoms with Crippen LogP contribution in [0.15, 0.2) is 30.3 Å². The highest BCUT2D eigenvalue weighted by molar-refractivity contribution is 6.28. The number of carbonyl (C=O) groups excluding carboxylic acids is 1. The van der Waals surface area contributed by atoms with Crippen molar-refractivity contribution in [1.82, 2.24) is 15.3 Å². The summed E-state index contributed by atoms with van der Waals surface area (Å²) in [6.07, 6.45) is 1.63. The summed E-state index contributed by atoms with van der Waals surface area (Å²) in [5.74, 6) is 2.44. The SMILES string of the molecule is C#CCOCCOCCOCCOCCOC[C@H](NC(=O)C1CN(c2nc(Cl)nc([NH2+][C@@H]3O[C@H](CO)[C@@H](O)[C@H]3O)c2C=N)C1)c1ccccc1. The molecule has 1 aromatic heterocycles. The summed E-state index contributed by atoms with van der Waals surface area (Å²) in [5.41, 5.74) is 1.21. The van der Waals surface area contributed by atoms with E-state index < -0.39 is 31.1 Å². The van der Waals surface area contributed by atoms with Crippen molar-refractivity contribution in [2.75, 3.05) is 90.7 Å². The van der Waals surface area contributed by atoms with Crippen molar-refractivity contribution in [2.24, 2.45) is 5.92 Å². The lowest BCUT2D eigenvalue weighted by Crippen LogP contribution is -2.88. The fourth-order valence-corrected chi connectivity index (χ4v) is 5.47. The normalized spacial score (nSPS) is 21.1. The predicted molar refractivity (Wildman–Crippen MR) is 180 cm³/mol. The van der Waals surface area contributed by atoms with Crippen LogP contribution in [0.5, 0.6) is 0 Å². The number of terminal acetylenes is 1. The Hall–Kier alpha value is -3.31. The molecule has 17 heteroatoms. The largest absolute Gasteiger partial charge is 0.394 e. The summed E-state index contributed by atoms with van der Waals surface area (Å²) in [5, 5.41) is 42.3. The second-order valence-electron chi connectivity index (χ2n) is 11.5. The zero-order valence-corrected chi connectivity index (χ0v) is 28.5. The van der Waals surface area contributed by atoms with E-state index in [1.807, 2.05) is 35.2 Å². The van der Waals surface area contributed by atoms with E-state index in [4.69, 9.17) is 51.9 Å². The van der Waals surface area contributed by atoms with Crippen LogP contribution in [-0.2, 0) is 33.2 Å². The summed E-state index contributed by atoms with van der Waals surface area (Å²) in [4.78, 5) is 23.6. The molecule has 0 unspecified atom stereocenters. The van der Waals surface area contributed by atoms with Gasteiger partial charge in [-0.1, -0.05) is 36.3 Å². The van der Waals surface area contributed by atoms with Crippen molar-refractivity contribution >= 4 is 35.4 Å². The maximum Gasteiger partial charge on any atom is 0.241 e. The topological polar surface area (TPSA) is 215 Å². The van der Waals surface area contributed by atoms with Gasteiger partial charge in [0.15, 0.2) is 6.10 Å². The second-order valence-corrected chi connectivity index (χ2v) is 11.8. The van der Waals surface area contributed by atoms with Crippen LogP contribution in [-0.4, -0.2) is 148 Å².